The molecule has 0 aliphatic carbocycles. The van der Waals surface area contributed by atoms with Crippen molar-refractivity contribution in [1.82, 2.24) is 0 Å². The van der Waals surface area contributed by atoms with Crippen LogP contribution < -0.4 is 5.32 Å². The minimum atomic E-state index is -4.62. The van der Waals surface area contributed by atoms with Crippen LogP contribution in [-0.4, -0.2) is 24.8 Å². The van der Waals surface area contributed by atoms with E-state index >= 15 is 0 Å². The van der Waals surface area contributed by atoms with Gasteiger partial charge in [-0.3, -0.25) is 5.32 Å². The highest BCUT2D eigenvalue weighted by atomic mass is 19.4. The molecule has 1 N–H and O–H groups in total. The highest BCUT2D eigenvalue weighted by Crippen LogP contribution is 2.32. The molecule has 0 aliphatic heterocycles. The number of rotatable bonds is 2. The van der Waals surface area contributed by atoms with Crippen LogP contribution in [-0.2, 0) is 15.7 Å². The first-order valence-electron chi connectivity index (χ1n) is 6.23. The fraction of sp³-hybridized carbons (Fsp3) is 0.429. The highest BCUT2D eigenvalue weighted by Gasteiger charge is 2.32. The second-order valence-corrected chi connectivity index (χ2v) is 5.38. The standard InChI is InChI=1S/C14H16F3NO4/c1-13(2,3)22-12(20)18-10-6-5-8(14(15,16)17)7-9(10)11(19)21-4/h5-7H,1-4H3,(H,18,20). The van der Waals surface area contributed by atoms with Gasteiger partial charge in [-0.2, -0.15) is 13.2 Å². The second kappa shape index (κ2) is 6.25. The van der Waals surface area contributed by atoms with Gasteiger partial charge in [0.05, 0.1) is 23.9 Å². The molecule has 0 unspecified atom stereocenters. The molecule has 0 bridgehead atoms. The molecular formula is C14H16F3NO4. The summed E-state index contributed by atoms with van der Waals surface area (Å²) < 4.78 is 47.5. The van der Waals surface area contributed by atoms with Crippen LogP contribution in [0.2, 0.25) is 0 Å². The minimum absolute atomic E-state index is 0.130. The van der Waals surface area contributed by atoms with E-state index < -0.39 is 35.0 Å². The van der Waals surface area contributed by atoms with E-state index in [9.17, 15) is 22.8 Å². The summed E-state index contributed by atoms with van der Waals surface area (Å²) in [6.45, 7) is 4.88. The number of carbonyl (C=O) groups excluding carboxylic acids is 2. The van der Waals surface area contributed by atoms with Crippen LogP contribution in [0, 0.1) is 0 Å². The van der Waals surface area contributed by atoms with E-state index in [2.05, 4.69) is 10.1 Å². The number of halogens is 3. The van der Waals surface area contributed by atoms with Crippen molar-refractivity contribution in [2.75, 3.05) is 12.4 Å². The Balaban J connectivity index is 3.14. The summed E-state index contributed by atoms with van der Waals surface area (Å²) in [5.41, 5.74) is -2.36. The Bertz CT molecular complexity index is 576. The molecule has 0 radical (unpaired) electrons. The summed E-state index contributed by atoms with van der Waals surface area (Å²) in [5.74, 6) is -1.00. The Morgan fingerprint density at radius 3 is 2.18 bits per heavy atom. The van der Waals surface area contributed by atoms with Gasteiger partial charge in [0.2, 0.25) is 0 Å². The van der Waals surface area contributed by atoms with Gasteiger partial charge in [0.25, 0.3) is 0 Å². The second-order valence-electron chi connectivity index (χ2n) is 5.38. The monoisotopic (exact) mass is 319 g/mol. The van der Waals surface area contributed by atoms with Gasteiger partial charge in [-0.15, -0.1) is 0 Å². The summed E-state index contributed by atoms with van der Waals surface area (Å²) >= 11 is 0. The predicted octanol–water partition coefficient (Wildman–Crippen LogP) is 3.84. The van der Waals surface area contributed by atoms with Crippen molar-refractivity contribution in [1.29, 1.82) is 0 Å². The fourth-order valence-corrected chi connectivity index (χ4v) is 1.52. The lowest BCUT2D eigenvalue weighted by atomic mass is 10.1. The molecule has 122 valence electrons. The molecule has 0 heterocycles. The van der Waals surface area contributed by atoms with E-state index in [4.69, 9.17) is 4.74 Å². The van der Waals surface area contributed by atoms with Crippen molar-refractivity contribution < 1.29 is 32.2 Å². The highest BCUT2D eigenvalue weighted by molar-refractivity contribution is 5.99. The molecule has 0 atom stereocenters. The number of methoxy groups -OCH3 is 1. The summed E-state index contributed by atoms with van der Waals surface area (Å²) in [7, 11) is 1.03. The number of alkyl halides is 3. The van der Waals surface area contributed by atoms with Crippen LogP contribution in [0.3, 0.4) is 0 Å². The number of nitrogens with one attached hydrogen (secondary N) is 1. The molecule has 22 heavy (non-hydrogen) atoms. The first kappa shape index (κ1) is 17.8. The Morgan fingerprint density at radius 1 is 1.14 bits per heavy atom. The smallest absolute Gasteiger partial charge is 0.416 e. The molecule has 0 fully saturated rings. The molecule has 5 nitrogen and oxygen atoms in total. The van der Waals surface area contributed by atoms with E-state index in [0.717, 1.165) is 19.2 Å². The van der Waals surface area contributed by atoms with Crippen LogP contribution >= 0.6 is 0 Å². The lowest BCUT2D eigenvalue weighted by Crippen LogP contribution is -2.28. The lowest BCUT2D eigenvalue weighted by molar-refractivity contribution is -0.137. The van der Waals surface area contributed by atoms with Gasteiger partial charge < -0.3 is 9.47 Å². The van der Waals surface area contributed by atoms with Crippen molar-refractivity contribution in [3.8, 4) is 0 Å². The number of carbonyl (C=O) groups is 2. The molecular weight excluding hydrogens is 303 g/mol. The number of amides is 1. The number of benzene rings is 1. The molecule has 1 amide bonds. The molecule has 1 rings (SSSR count). The third-order valence-corrected chi connectivity index (χ3v) is 2.39. The molecule has 0 spiro atoms. The minimum Gasteiger partial charge on any atom is -0.465 e. The summed E-state index contributed by atoms with van der Waals surface area (Å²) in [6, 6.07) is 2.33. The number of hydrogen-bond donors (Lipinski definition) is 1. The molecule has 0 aromatic heterocycles. The summed E-state index contributed by atoms with van der Waals surface area (Å²) in [5, 5.41) is 2.23. The van der Waals surface area contributed by atoms with Crippen LogP contribution in [0.15, 0.2) is 18.2 Å². The van der Waals surface area contributed by atoms with Crippen LogP contribution in [0.4, 0.5) is 23.7 Å². The van der Waals surface area contributed by atoms with E-state index in [1.54, 1.807) is 20.8 Å². The van der Waals surface area contributed by atoms with Crippen molar-refractivity contribution in [2.45, 2.75) is 32.5 Å². The molecule has 0 saturated heterocycles. The van der Waals surface area contributed by atoms with Crippen molar-refractivity contribution in [3.05, 3.63) is 29.3 Å². The van der Waals surface area contributed by atoms with Crippen LogP contribution in [0.1, 0.15) is 36.7 Å². The normalized spacial score (nSPS) is 11.8. The SMILES string of the molecule is COC(=O)c1cc(C(F)(F)F)ccc1NC(=O)OC(C)(C)C. The molecule has 0 saturated carbocycles. The predicted molar refractivity (Wildman–Crippen MR) is 72.6 cm³/mol. The van der Waals surface area contributed by atoms with Gasteiger partial charge >= 0.3 is 18.2 Å². The largest absolute Gasteiger partial charge is 0.465 e. The van der Waals surface area contributed by atoms with Gasteiger partial charge in [-0.1, -0.05) is 0 Å². The quantitative estimate of drug-likeness (QED) is 0.841. The van der Waals surface area contributed by atoms with E-state index in [1.807, 2.05) is 0 Å². The zero-order valence-electron chi connectivity index (χ0n) is 12.5. The zero-order chi connectivity index (χ0) is 17.1. The number of anilines is 1. The average Bonchev–Trinajstić information content (AvgIpc) is 2.34. The summed E-state index contributed by atoms with van der Waals surface area (Å²) in [4.78, 5) is 23.3. The molecule has 1 aromatic rings. The molecule has 8 heteroatoms. The van der Waals surface area contributed by atoms with Gasteiger partial charge in [-0.25, -0.2) is 9.59 Å². The molecule has 0 aliphatic rings. The Kier molecular flexibility index (Phi) is 5.05. The third-order valence-electron chi connectivity index (χ3n) is 2.39. The average molecular weight is 319 g/mol. The van der Waals surface area contributed by atoms with Gasteiger partial charge in [0, 0.05) is 0 Å². The van der Waals surface area contributed by atoms with Gasteiger partial charge in [-0.05, 0) is 39.0 Å². The van der Waals surface area contributed by atoms with Crippen molar-refractivity contribution in [2.24, 2.45) is 0 Å². The maximum atomic E-state index is 12.7. The maximum absolute atomic E-state index is 12.7. The number of ether oxygens (including phenoxy) is 2. The third kappa shape index (κ3) is 4.94. The van der Waals surface area contributed by atoms with Crippen molar-refractivity contribution >= 4 is 17.7 Å². The maximum Gasteiger partial charge on any atom is 0.416 e. The van der Waals surface area contributed by atoms with E-state index in [1.165, 1.54) is 0 Å². The lowest BCUT2D eigenvalue weighted by Gasteiger charge is -2.20. The van der Waals surface area contributed by atoms with Gasteiger partial charge in [0.1, 0.15) is 5.60 Å². The first-order chi connectivity index (χ1) is 9.94. The van der Waals surface area contributed by atoms with Crippen LogP contribution in [0.5, 0.6) is 0 Å². The number of esters is 1. The van der Waals surface area contributed by atoms with Gasteiger partial charge in [0.15, 0.2) is 0 Å². The Hall–Kier alpha value is -2.25. The van der Waals surface area contributed by atoms with Crippen LogP contribution in [0.25, 0.3) is 0 Å². The zero-order valence-corrected chi connectivity index (χ0v) is 12.5. The Morgan fingerprint density at radius 2 is 1.73 bits per heavy atom. The van der Waals surface area contributed by atoms with Crippen molar-refractivity contribution in [3.63, 3.8) is 0 Å². The van der Waals surface area contributed by atoms with E-state index in [-0.39, 0.29) is 5.69 Å². The fourth-order valence-electron chi connectivity index (χ4n) is 1.52. The number of hydrogen-bond acceptors (Lipinski definition) is 4. The van der Waals surface area contributed by atoms with E-state index in [0.29, 0.717) is 6.07 Å². The molecule has 1 aromatic carbocycles. The Labute approximate surface area is 125 Å². The first-order valence-corrected chi connectivity index (χ1v) is 6.23. The topological polar surface area (TPSA) is 64.6 Å². The summed E-state index contributed by atoms with van der Waals surface area (Å²) in [6.07, 6.45) is -5.51.